The van der Waals surface area contributed by atoms with E-state index in [2.05, 4.69) is 26.0 Å². The van der Waals surface area contributed by atoms with E-state index in [1.165, 1.54) is 11.3 Å². The predicted octanol–water partition coefficient (Wildman–Crippen LogP) is 2.94. The Balaban J connectivity index is 1.52. The van der Waals surface area contributed by atoms with Crippen LogP contribution in [-0.4, -0.2) is 39.8 Å². The van der Waals surface area contributed by atoms with Gasteiger partial charge in [-0.3, -0.25) is 0 Å². The zero-order valence-electron chi connectivity index (χ0n) is 14.0. The van der Waals surface area contributed by atoms with Gasteiger partial charge in [-0.1, -0.05) is 11.3 Å². The minimum atomic E-state index is -0.567. The maximum atomic E-state index is 9.66. The molecule has 1 fully saturated rings. The second-order valence-electron chi connectivity index (χ2n) is 6.07. The van der Waals surface area contributed by atoms with Gasteiger partial charge in [0.05, 0.1) is 18.4 Å². The van der Waals surface area contributed by atoms with Crippen LogP contribution in [0.25, 0.3) is 10.3 Å². The van der Waals surface area contributed by atoms with Gasteiger partial charge in [0, 0.05) is 25.6 Å². The number of hydrogen-bond donors (Lipinski definition) is 0. The van der Waals surface area contributed by atoms with Crippen LogP contribution in [0.1, 0.15) is 29.5 Å². The number of hydrogen-bond acceptors (Lipinski definition) is 8. The van der Waals surface area contributed by atoms with Gasteiger partial charge in [-0.05, 0) is 37.0 Å². The van der Waals surface area contributed by atoms with E-state index in [9.17, 15) is 5.26 Å². The van der Waals surface area contributed by atoms with Crippen molar-refractivity contribution in [2.75, 3.05) is 19.8 Å². The third-order valence-electron chi connectivity index (χ3n) is 4.30. The summed E-state index contributed by atoms with van der Waals surface area (Å²) in [5, 5.41) is 10.3. The van der Waals surface area contributed by atoms with Crippen molar-refractivity contribution in [3.63, 3.8) is 0 Å². The Morgan fingerprint density at radius 2 is 2.12 bits per heavy atom. The smallest absolute Gasteiger partial charge is 0.316 e. The topological polar surface area (TPSA) is 93.8 Å². The molecule has 4 heterocycles. The minimum absolute atomic E-state index is 0.300. The van der Waals surface area contributed by atoms with Crippen LogP contribution < -0.4 is 4.74 Å². The Bertz CT molecular complexity index is 899. The number of thiazole rings is 1. The van der Waals surface area contributed by atoms with Crippen molar-refractivity contribution in [1.29, 1.82) is 5.26 Å². The lowest BCUT2D eigenvalue weighted by molar-refractivity contribution is 0.0482. The number of rotatable bonds is 5. The Morgan fingerprint density at radius 1 is 1.23 bits per heavy atom. The Kier molecular flexibility index (Phi) is 5.00. The second-order valence-corrected chi connectivity index (χ2v) is 7.08. The van der Waals surface area contributed by atoms with Gasteiger partial charge in [0.25, 0.3) is 0 Å². The maximum absolute atomic E-state index is 9.66. The highest BCUT2D eigenvalue weighted by molar-refractivity contribution is 7.18. The van der Waals surface area contributed by atoms with Crippen LogP contribution >= 0.6 is 11.3 Å². The summed E-state index contributed by atoms with van der Waals surface area (Å²) in [5.74, 6) is -0.110. The van der Waals surface area contributed by atoms with E-state index in [0.29, 0.717) is 29.2 Å². The molecular formula is C18H17N5O2S. The van der Waals surface area contributed by atoms with E-state index in [1.54, 1.807) is 18.5 Å². The minimum Gasteiger partial charge on any atom is -0.463 e. The van der Waals surface area contributed by atoms with Crippen LogP contribution in [0.4, 0.5) is 0 Å². The summed E-state index contributed by atoms with van der Waals surface area (Å²) in [6.45, 7) is 2.11. The van der Waals surface area contributed by atoms with E-state index in [4.69, 9.17) is 9.47 Å². The highest BCUT2D eigenvalue weighted by Crippen LogP contribution is 2.30. The quantitative estimate of drug-likeness (QED) is 0.684. The molecule has 1 saturated heterocycles. The Hall–Kier alpha value is -2.63. The Morgan fingerprint density at radius 3 is 2.92 bits per heavy atom. The summed E-state index contributed by atoms with van der Waals surface area (Å²) in [4.78, 5) is 18.2. The van der Waals surface area contributed by atoms with Gasteiger partial charge < -0.3 is 9.47 Å². The fraction of sp³-hybridized carbons (Fsp3) is 0.389. The van der Waals surface area contributed by atoms with Crippen molar-refractivity contribution in [3.05, 3.63) is 41.3 Å². The van der Waals surface area contributed by atoms with Gasteiger partial charge in [0.15, 0.2) is 0 Å². The number of nitrogens with zero attached hydrogens (tertiary/aromatic N) is 5. The molecule has 132 valence electrons. The average molecular weight is 367 g/mol. The standard InChI is InChI=1S/C18H17N5O2S/c19-10-13(16-22-15-2-1-6-20-17(15)26-16)14-3-7-21-18(23-14)25-11-12-4-8-24-9-5-12/h1-3,6-7,12-13H,4-5,8-9,11H2. The van der Waals surface area contributed by atoms with Crippen LogP contribution in [0.3, 0.4) is 0 Å². The summed E-state index contributed by atoms with van der Waals surface area (Å²) in [5.41, 5.74) is 1.38. The molecule has 0 aliphatic carbocycles. The van der Waals surface area contributed by atoms with Gasteiger partial charge in [-0.2, -0.15) is 10.2 Å². The van der Waals surface area contributed by atoms with Crippen LogP contribution in [0.5, 0.6) is 6.01 Å². The van der Waals surface area contributed by atoms with Crippen molar-refractivity contribution in [3.8, 4) is 12.1 Å². The average Bonchev–Trinajstić information content (AvgIpc) is 3.12. The molecule has 0 spiro atoms. The molecule has 0 saturated carbocycles. The second kappa shape index (κ2) is 7.72. The predicted molar refractivity (Wildman–Crippen MR) is 95.9 cm³/mol. The first-order valence-electron chi connectivity index (χ1n) is 8.48. The molecule has 3 aromatic rings. The molecule has 0 radical (unpaired) electrons. The van der Waals surface area contributed by atoms with E-state index >= 15 is 0 Å². The lowest BCUT2D eigenvalue weighted by Gasteiger charge is -2.21. The summed E-state index contributed by atoms with van der Waals surface area (Å²) in [7, 11) is 0. The molecule has 3 aromatic heterocycles. The van der Waals surface area contributed by atoms with Gasteiger partial charge in [-0.15, -0.1) is 0 Å². The number of pyridine rings is 1. The zero-order chi connectivity index (χ0) is 17.8. The molecule has 8 heteroatoms. The molecule has 1 aliphatic rings. The molecular weight excluding hydrogens is 350 g/mol. The number of aromatic nitrogens is 4. The van der Waals surface area contributed by atoms with Crippen LogP contribution in [0, 0.1) is 17.2 Å². The van der Waals surface area contributed by atoms with Gasteiger partial charge in [-0.25, -0.2) is 15.0 Å². The van der Waals surface area contributed by atoms with Gasteiger partial charge >= 0.3 is 6.01 Å². The third-order valence-corrected chi connectivity index (χ3v) is 5.34. The fourth-order valence-electron chi connectivity index (χ4n) is 2.85. The molecule has 0 N–H and O–H groups in total. The van der Waals surface area contributed by atoms with Crippen molar-refractivity contribution in [2.45, 2.75) is 18.8 Å². The first-order valence-corrected chi connectivity index (χ1v) is 9.29. The largest absolute Gasteiger partial charge is 0.463 e. The summed E-state index contributed by atoms with van der Waals surface area (Å²) in [6.07, 6.45) is 5.31. The summed E-state index contributed by atoms with van der Waals surface area (Å²) in [6, 6.07) is 8.04. The van der Waals surface area contributed by atoms with Crippen molar-refractivity contribution in [2.24, 2.45) is 5.92 Å². The lowest BCUT2D eigenvalue weighted by Crippen LogP contribution is -2.22. The summed E-state index contributed by atoms with van der Waals surface area (Å²) >= 11 is 1.41. The Labute approximate surface area is 154 Å². The van der Waals surface area contributed by atoms with E-state index in [1.807, 2.05) is 12.1 Å². The summed E-state index contributed by atoms with van der Waals surface area (Å²) < 4.78 is 11.1. The molecule has 4 rings (SSSR count). The van der Waals surface area contributed by atoms with E-state index in [0.717, 1.165) is 36.4 Å². The third kappa shape index (κ3) is 3.64. The normalized spacial score (nSPS) is 16.3. The van der Waals surface area contributed by atoms with E-state index < -0.39 is 5.92 Å². The van der Waals surface area contributed by atoms with Gasteiger partial charge in [0.2, 0.25) is 0 Å². The molecule has 7 nitrogen and oxygen atoms in total. The van der Waals surface area contributed by atoms with E-state index in [-0.39, 0.29) is 0 Å². The molecule has 0 bridgehead atoms. The fourth-order valence-corrected chi connectivity index (χ4v) is 3.81. The van der Waals surface area contributed by atoms with Crippen LogP contribution in [0.15, 0.2) is 30.6 Å². The van der Waals surface area contributed by atoms with Crippen molar-refractivity contribution in [1.82, 2.24) is 19.9 Å². The first-order chi connectivity index (χ1) is 12.8. The maximum Gasteiger partial charge on any atom is 0.316 e. The first kappa shape index (κ1) is 16.8. The molecule has 1 atom stereocenters. The number of nitriles is 1. The monoisotopic (exact) mass is 367 g/mol. The van der Waals surface area contributed by atoms with Gasteiger partial charge in [0.1, 0.15) is 21.3 Å². The SMILES string of the molecule is N#CC(c1ccnc(OCC2CCOCC2)n1)c1nc2cccnc2s1. The molecule has 0 aromatic carbocycles. The molecule has 0 amide bonds. The lowest BCUT2D eigenvalue weighted by atomic mass is 10.0. The highest BCUT2D eigenvalue weighted by atomic mass is 32.1. The van der Waals surface area contributed by atoms with Crippen molar-refractivity contribution < 1.29 is 9.47 Å². The number of fused-ring (bicyclic) bond motifs is 1. The number of ether oxygens (including phenoxy) is 2. The van der Waals surface area contributed by atoms with Crippen LogP contribution in [0.2, 0.25) is 0 Å². The molecule has 1 unspecified atom stereocenters. The van der Waals surface area contributed by atoms with Crippen LogP contribution in [-0.2, 0) is 4.74 Å². The van der Waals surface area contributed by atoms with Crippen molar-refractivity contribution >= 4 is 21.7 Å². The molecule has 26 heavy (non-hydrogen) atoms. The highest BCUT2D eigenvalue weighted by Gasteiger charge is 2.21. The molecule has 1 aliphatic heterocycles. The zero-order valence-corrected chi connectivity index (χ0v) is 14.9.